The Labute approximate surface area is 202 Å². The lowest BCUT2D eigenvalue weighted by molar-refractivity contribution is 0.103. The summed E-state index contributed by atoms with van der Waals surface area (Å²) in [5.41, 5.74) is 5.83. The molecule has 3 aromatic rings. The average Bonchev–Trinajstić information content (AvgIpc) is 3.22. The van der Waals surface area contributed by atoms with Gasteiger partial charge in [-0.05, 0) is 93.9 Å². The molecule has 2 heterocycles. The highest BCUT2D eigenvalue weighted by molar-refractivity contribution is 6.18. The average molecular weight is 458 g/mol. The first-order chi connectivity index (χ1) is 16.2. The van der Waals surface area contributed by atoms with Crippen LogP contribution in [0.1, 0.15) is 90.7 Å². The SMILES string of the molecule is COc1cc(C)c(C(=O)c2c(C(C)C)[nH]c3cc(C#N)ccc23)cc1C1CCN(C(C)C)CC1. The van der Waals surface area contributed by atoms with Gasteiger partial charge in [-0.3, -0.25) is 4.79 Å². The molecule has 0 radical (unpaired) electrons. The van der Waals surface area contributed by atoms with E-state index in [0.717, 1.165) is 65.0 Å². The third-order valence-corrected chi connectivity index (χ3v) is 7.28. The number of hydrogen-bond donors (Lipinski definition) is 1. The standard InChI is InChI=1S/C29H35N3O2/c1-17(2)28-27(22-8-7-20(16-30)14-25(22)31-28)29(33)23-15-24(26(34-6)13-19(23)5)21-9-11-32(12-10-21)18(3)4/h7-8,13-15,17-18,21,31H,9-12H2,1-6H3. The topological polar surface area (TPSA) is 69.1 Å². The summed E-state index contributed by atoms with van der Waals surface area (Å²) in [6, 6.07) is 12.4. The van der Waals surface area contributed by atoms with Crippen molar-refractivity contribution in [3.8, 4) is 11.8 Å². The smallest absolute Gasteiger partial charge is 0.195 e. The zero-order valence-electron chi connectivity index (χ0n) is 21.2. The van der Waals surface area contributed by atoms with Gasteiger partial charge in [-0.25, -0.2) is 0 Å². The third kappa shape index (κ3) is 4.35. The molecule has 178 valence electrons. The van der Waals surface area contributed by atoms with E-state index in [0.29, 0.717) is 23.1 Å². The van der Waals surface area contributed by atoms with E-state index < -0.39 is 0 Å². The van der Waals surface area contributed by atoms with Crippen LogP contribution in [0.15, 0.2) is 30.3 Å². The summed E-state index contributed by atoms with van der Waals surface area (Å²) in [6.45, 7) is 12.8. The van der Waals surface area contributed by atoms with Crippen LogP contribution in [0.3, 0.4) is 0 Å². The number of piperidine rings is 1. The number of hydrogen-bond acceptors (Lipinski definition) is 4. The van der Waals surface area contributed by atoms with Crippen molar-refractivity contribution in [2.24, 2.45) is 0 Å². The number of fused-ring (bicyclic) bond motifs is 1. The number of aromatic nitrogens is 1. The van der Waals surface area contributed by atoms with Gasteiger partial charge in [0.25, 0.3) is 0 Å². The number of ketones is 1. The van der Waals surface area contributed by atoms with Crippen LogP contribution in [0.25, 0.3) is 10.9 Å². The zero-order valence-corrected chi connectivity index (χ0v) is 21.2. The van der Waals surface area contributed by atoms with Crippen molar-refractivity contribution in [1.29, 1.82) is 5.26 Å². The highest BCUT2D eigenvalue weighted by Gasteiger charge is 2.28. The van der Waals surface area contributed by atoms with Gasteiger partial charge in [-0.15, -0.1) is 0 Å². The minimum atomic E-state index is 0.0284. The number of benzene rings is 2. The summed E-state index contributed by atoms with van der Waals surface area (Å²) in [7, 11) is 1.71. The predicted molar refractivity (Wildman–Crippen MR) is 137 cm³/mol. The first-order valence-electron chi connectivity index (χ1n) is 12.3. The number of methoxy groups -OCH3 is 1. The van der Waals surface area contributed by atoms with Crippen LogP contribution in [-0.4, -0.2) is 41.9 Å². The molecule has 5 heteroatoms. The van der Waals surface area contributed by atoms with Crippen LogP contribution in [0.2, 0.25) is 0 Å². The summed E-state index contributed by atoms with van der Waals surface area (Å²) in [5.74, 6) is 1.43. The Morgan fingerprint density at radius 1 is 1.15 bits per heavy atom. The number of rotatable bonds is 6. The molecule has 2 aromatic carbocycles. The fourth-order valence-corrected chi connectivity index (χ4v) is 5.27. The molecule has 0 spiro atoms. The maximum absolute atomic E-state index is 14.1. The van der Waals surface area contributed by atoms with Crippen LogP contribution in [0, 0.1) is 18.3 Å². The Kier molecular flexibility index (Phi) is 6.81. The minimum absolute atomic E-state index is 0.0284. The highest BCUT2D eigenvalue weighted by Crippen LogP contribution is 2.38. The number of nitrogens with zero attached hydrogens (tertiary/aromatic N) is 2. The van der Waals surface area contributed by atoms with Crippen molar-refractivity contribution < 1.29 is 9.53 Å². The second-order valence-corrected chi connectivity index (χ2v) is 10.1. The van der Waals surface area contributed by atoms with Crippen molar-refractivity contribution in [3.63, 3.8) is 0 Å². The maximum atomic E-state index is 14.1. The molecule has 0 amide bonds. The normalized spacial score (nSPS) is 15.3. The fourth-order valence-electron chi connectivity index (χ4n) is 5.27. The summed E-state index contributed by atoms with van der Waals surface area (Å²) >= 11 is 0. The molecule has 0 aliphatic carbocycles. The van der Waals surface area contributed by atoms with Crippen molar-refractivity contribution >= 4 is 16.7 Å². The number of likely N-dealkylation sites (tertiary alicyclic amines) is 1. The Morgan fingerprint density at radius 3 is 2.44 bits per heavy atom. The molecule has 0 atom stereocenters. The first-order valence-corrected chi connectivity index (χ1v) is 12.3. The number of H-pyrrole nitrogens is 1. The molecule has 1 saturated heterocycles. The van der Waals surface area contributed by atoms with Gasteiger partial charge in [0, 0.05) is 28.2 Å². The number of aromatic amines is 1. The molecule has 34 heavy (non-hydrogen) atoms. The molecular formula is C29H35N3O2. The number of carbonyl (C=O) groups is 1. The van der Waals surface area contributed by atoms with E-state index in [9.17, 15) is 10.1 Å². The summed E-state index contributed by atoms with van der Waals surface area (Å²) < 4.78 is 5.78. The van der Waals surface area contributed by atoms with Crippen LogP contribution in [-0.2, 0) is 0 Å². The van der Waals surface area contributed by atoms with Crippen LogP contribution >= 0.6 is 0 Å². The maximum Gasteiger partial charge on any atom is 0.195 e. The Bertz CT molecular complexity index is 1250. The minimum Gasteiger partial charge on any atom is -0.496 e. The largest absolute Gasteiger partial charge is 0.496 e. The van der Waals surface area contributed by atoms with E-state index in [4.69, 9.17) is 4.74 Å². The van der Waals surface area contributed by atoms with Gasteiger partial charge in [-0.2, -0.15) is 5.26 Å². The number of carbonyl (C=O) groups excluding carboxylic acids is 1. The molecule has 0 saturated carbocycles. The number of ether oxygens (including phenoxy) is 1. The second-order valence-electron chi connectivity index (χ2n) is 10.1. The molecule has 0 unspecified atom stereocenters. The molecule has 0 bridgehead atoms. The van der Waals surface area contributed by atoms with Gasteiger partial charge in [0.1, 0.15) is 5.75 Å². The van der Waals surface area contributed by atoms with E-state index in [1.165, 1.54) is 0 Å². The van der Waals surface area contributed by atoms with E-state index >= 15 is 0 Å². The molecule has 5 nitrogen and oxygen atoms in total. The lowest BCUT2D eigenvalue weighted by Crippen LogP contribution is -2.37. The summed E-state index contributed by atoms with van der Waals surface area (Å²) in [4.78, 5) is 20.0. The quantitative estimate of drug-likeness (QED) is 0.441. The zero-order chi connectivity index (χ0) is 24.6. The molecule has 1 aliphatic heterocycles. The molecule has 1 fully saturated rings. The molecule has 1 aromatic heterocycles. The molecule has 1 aliphatic rings. The van der Waals surface area contributed by atoms with E-state index in [1.54, 1.807) is 13.2 Å². The number of nitrogens with one attached hydrogen (secondary N) is 1. The van der Waals surface area contributed by atoms with Crippen LogP contribution in [0.5, 0.6) is 5.75 Å². The van der Waals surface area contributed by atoms with Crippen molar-refractivity contribution in [2.45, 2.75) is 65.3 Å². The molecule has 1 N–H and O–H groups in total. The predicted octanol–water partition coefficient (Wildman–Crippen LogP) is 6.30. The molecular weight excluding hydrogens is 422 g/mol. The first kappa shape index (κ1) is 24.0. The lowest BCUT2D eigenvalue weighted by Gasteiger charge is -2.35. The van der Waals surface area contributed by atoms with Gasteiger partial charge in [0.2, 0.25) is 0 Å². The van der Waals surface area contributed by atoms with Crippen molar-refractivity contribution in [3.05, 3.63) is 63.8 Å². The van der Waals surface area contributed by atoms with E-state index in [2.05, 4.69) is 49.7 Å². The highest BCUT2D eigenvalue weighted by atomic mass is 16.5. The Balaban J connectivity index is 1.79. The summed E-state index contributed by atoms with van der Waals surface area (Å²) in [6.07, 6.45) is 2.12. The van der Waals surface area contributed by atoms with Crippen LogP contribution in [0.4, 0.5) is 0 Å². The summed E-state index contributed by atoms with van der Waals surface area (Å²) in [5, 5.41) is 10.2. The van der Waals surface area contributed by atoms with Gasteiger partial charge in [0.05, 0.1) is 24.3 Å². The van der Waals surface area contributed by atoms with Gasteiger partial charge in [-0.1, -0.05) is 19.9 Å². The van der Waals surface area contributed by atoms with Gasteiger partial charge >= 0.3 is 0 Å². The third-order valence-electron chi connectivity index (χ3n) is 7.28. The Morgan fingerprint density at radius 2 is 1.85 bits per heavy atom. The van der Waals surface area contributed by atoms with E-state index in [1.807, 2.05) is 25.1 Å². The van der Waals surface area contributed by atoms with Gasteiger partial charge in [0.15, 0.2) is 5.78 Å². The second kappa shape index (κ2) is 9.64. The fraction of sp³-hybridized carbons (Fsp3) is 0.448. The van der Waals surface area contributed by atoms with Crippen LogP contribution < -0.4 is 4.74 Å². The monoisotopic (exact) mass is 457 g/mol. The van der Waals surface area contributed by atoms with E-state index in [-0.39, 0.29) is 11.7 Å². The lowest BCUT2D eigenvalue weighted by atomic mass is 9.84. The van der Waals surface area contributed by atoms with Crippen molar-refractivity contribution in [2.75, 3.05) is 20.2 Å². The Hall–Kier alpha value is -3.10. The van der Waals surface area contributed by atoms with Gasteiger partial charge < -0.3 is 14.6 Å². The molecule has 4 rings (SSSR count). The number of nitriles is 1. The van der Waals surface area contributed by atoms with Crippen molar-refractivity contribution in [1.82, 2.24) is 9.88 Å². The number of aryl methyl sites for hydroxylation is 1.